The highest BCUT2D eigenvalue weighted by Crippen LogP contribution is 2.20. The van der Waals surface area contributed by atoms with Crippen molar-refractivity contribution in [2.45, 2.75) is 6.54 Å². The molecular formula is C17H21N7O2. The molecule has 26 heavy (non-hydrogen) atoms. The van der Waals surface area contributed by atoms with E-state index in [1.54, 1.807) is 0 Å². The fourth-order valence-corrected chi connectivity index (χ4v) is 2.82. The molecule has 1 aliphatic heterocycles. The minimum absolute atomic E-state index is 0.388. The number of anilines is 2. The second kappa shape index (κ2) is 8.07. The van der Waals surface area contributed by atoms with Crippen molar-refractivity contribution >= 4 is 22.9 Å². The van der Waals surface area contributed by atoms with Crippen molar-refractivity contribution in [1.29, 1.82) is 0 Å². The molecule has 1 fully saturated rings. The zero-order valence-corrected chi connectivity index (χ0v) is 14.4. The molecule has 1 saturated heterocycles. The normalized spacial score (nSPS) is 15.2. The van der Waals surface area contributed by atoms with E-state index < -0.39 is 0 Å². The third kappa shape index (κ3) is 4.06. The first-order valence-electron chi connectivity index (χ1n) is 8.70. The SMILES string of the molecule is c1ccc(CNc2nc3nonc3nc2NCCN2CCOCC2)cc1. The molecule has 2 N–H and O–H groups in total. The first-order chi connectivity index (χ1) is 12.9. The summed E-state index contributed by atoms with van der Waals surface area (Å²) in [6, 6.07) is 10.1. The first-order valence-corrected chi connectivity index (χ1v) is 8.70. The minimum atomic E-state index is 0.388. The van der Waals surface area contributed by atoms with E-state index in [9.17, 15) is 0 Å². The molecule has 0 aliphatic carbocycles. The van der Waals surface area contributed by atoms with Gasteiger partial charge in [-0.3, -0.25) is 4.90 Å². The van der Waals surface area contributed by atoms with Gasteiger partial charge in [0.25, 0.3) is 0 Å². The van der Waals surface area contributed by atoms with E-state index in [-0.39, 0.29) is 0 Å². The number of nitrogens with one attached hydrogen (secondary N) is 2. The van der Waals surface area contributed by atoms with Gasteiger partial charge in [0.05, 0.1) is 13.2 Å². The number of benzene rings is 1. The monoisotopic (exact) mass is 355 g/mol. The Morgan fingerprint density at radius 3 is 2.35 bits per heavy atom. The molecule has 136 valence electrons. The minimum Gasteiger partial charge on any atom is -0.379 e. The van der Waals surface area contributed by atoms with E-state index in [1.165, 1.54) is 0 Å². The number of aromatic nitrogens is 4. The average molecular weight is 355 g/mol. The van der Waals surface area contributed by atoms with E-state index >= 15 is 0 Å². The zero-order valence-electron chi connectivity index (χ0n) is 14.4. The number of hydrogen-bond donors (Lipinski definition) is 2. The Morgan fingerprint density at radius 1 is 0.923 bits per heavy atom. The lowest BCUT2D eigenvalue weighted by Crippen LogP contribution is -2.39. The predicted octanol–water partition coefficient (Wildman–Crippen LogP) is 1.37. The maximum absolute atomic E-state index is 5.38. The summed E-state index contributed by atoms with van der Waals surface area (Å²) in [5.74, 6) is 1.29. The van der Waals surface area contributed by atoms with Gasteiger partial charge in [-0.2, -0.15) is 0 Å². The van der Waals surface area contributed by atoms with E-state index in [0.717, 1.165) is 45.0 Å². The van der Waals surface area contributed by atoms with Crippen molar-refractivity contribution in [3.05, 3.63) is 35.9 Å². The average Bonchev–Trinajstić information content (AvgIpc) is 3.15. The van der Waals surface area contributed by atoms with Gasteiger partial charge in [0.15, 0.2) is 11.6 Å². The zero-order chi connectivity index (χ0) is 17.6. The quantitative estimate of drug-likeness (QED) is 0.650. The van der Waals surface area contributed by atoms with Crippen LogP contribution in [0.2, 0.25) is 0 Å². The summed E-state index contributed by atoms with van der Waals surface area (Å²) in [7, 11) is 0. The number of hydrogen-bond acceptors (Lipinski definition) is 9. The molecule has 1 aromatic carbocycles. The van der Waals surface area contributed by atoms with Crippen molar-refractivity contribution < 1.29 is 9.37 Å². The molecule has 0 spiro atoms. The summed E-state index contributed by atoms with van der Waals surface area (Å²) in [4.78, 5) is 11.3. The Morgan fingerprint density at radius 2 is 1.62 bits per heavy atom. The van der Waals surface area contributed by atoms with Crippen LogP contribution in [0.15, 0.2) is 35.0 Å². The third-order valence-corrected chi connectivity index (χ3v) is 4.24. The molecule has 9 nitrogen and oxygen atoms in total. The topological polar surface area (TPSA) is 101 Å². The summed E-state index contributed by atoms with van der Waals surface area (Å²) >= 11 is 0. The van der Waals surface area contributed by atoms with Gasteiger partial charge in [-0.05, 0) is 15.9 Å². The maximum Gasteiger partial charge on any atom is 0.245 e. The van der Waals surface area contributed by atoms with Crippen molar-refractivity contribution in [3.63, 3.8) is 0 Å². The fraction of sp³-hybridized carbons (Fsp3) is 0.412. The molecule has 1 aliphatic rings. The Kier molecular flexibility index (Phi) is 5.17. The number of ether oxygens (including phenoxy) is 1. The van der Waals surface area contributed by atoms with Crippen molar-refractivity contribution in [1.82, 2.24) is 25.2 Å². The molecule has 0 saturated carbocycles. The summed E-state index contributed by atoms with van der Waals surface area (Å²) in [6.45, 7) is 5.81. The van der Waals surface area contributed by atoms with Crippen LogP contribution in [-0.4, -0.2) is 64.6 Å². The van der Waals surface area contributed by atoms with Crippen LogP contribution in [0.3, 0.4) is 0 Å². The lowest BCUT2D eigenvalue weighted by molar-refractivity contribution is 0.0398. The molecule has 0 radical (unpaired) electrons. The van der Waals surface area contributed by atoms with Crippen LogP contribution in [0.1, 0.15) is 5.56 Å². The van der Waals surface area contributed by atoms with Gasteiger partial charge < -0.3 is 15.4 Å². The van der Waals surface area contributed by atoms with E-state index in [4.69, 9.17) is 9.37 Å². The predicted molar refractivity (Wildman–Crippen MR) is 96.9 cm³/mol. The number of rotatable bonds is 7. The summed E-state index contributed by atoms with van der Waals surface area (Å²) in [5.41, 5.74) is 1.94. The second-order valence-corrected chi connectivity index (χ2v) is 6.05. The summed E-state index contributed by atoms with van der Waals surface area (Å²) < 4.78 is 10.1. The molecule has 9 heteroatoms. The van der Waals surface area contributed by atoms with Crippen LogP contribution < -0.4 is 10.6 Å². The van der Waals surface area contributed by atoms with Gasteiger partial charge in [-0.1, -0.05) is 30.3 Å². The Bertz CT molecular complexity index is 834. The van der Waals surface area contributed by atoms with E-state index in [1.807, 2.05) is 18.2 Å². The molecular weight excluding hydrogens is 334 g/mol. The van der Waals surface area contributed by atoms with Crippen molar-refractivity contribution in [2.75, 3.05) is 50.0 Å². The van der Waals surface area contributed by atoms with Crippen LogP contribution in [-0.2, 0) is 11.3 Å². The van der Waals surface area contributed by atoms with Crippen molar-refractivity contribution in [3.8, 4) is 0 Å². The first kappa shape index (κ1) is 16.7. The number of morpholine rings is 1. The van der Waals surface area contributed by atoms with Gasteiger partial charge in [0, 0.05) is 32.7 Å². The smallest absolute Gasteiger partial charge is 0.245 e. The van der Waals surface area contributed by atoms with Gasteiger partial charge in [0.1, 0.15) is 0 Å². The highest BCUT2D eigenvalue weighted by Gasteiger charge is 2.14. The lowest BCUT2D eigenvalue weighted by Gasteiger charge is -2.26. The summed E-state index contributed by atoms with van der Waals surface area (Å²) in [6.07, 6.45) is 0. The second-order valence-electron chi connectivity index (χ2n) is 6.05. The van der Waals surface area contributed by atoms with Gasteiger partial charge in [-0.15, -0.1) is 0 Å². The molecule has 4 rings (SSSR count). The van der Waals surface area contributed by atoms with E-state index in [0.29, 0.717) is 29.5 Å². The Balaban J connectivity index is 1.44. The molecule has 0 bridgehead atoms. The molecule has 0 amide bonds. The van der Waals surface area contributed by atoms with E-state index in [2.05, 4.69) is 47.9 Å². The molecule has 2 aromatic heterocycles. The largest absolute Gasteiger partial charge is 0.379 e. The van der Waals surface area contributed by atoms with Crippen LogP contribution in [0, 0.1) is 0 Å². The van der Waals surface area contributed by atoms with Crippen LogP contribution >= 0.6 is 0 Å². The Labute approximate surface area is 150 Å². The fourth-order valence-electron chi connectivity index (χ4n) is 2.82. The third-order valence-electron chi connectivity index (χ3n) is 4.24. The van der Waals surface area contributed by atoms with Gasteiger partial charge in [-0.25, -0.2) is 14.6 Å². The van der Waals surface area contributed by atoms with Crippen LogP contribution in [0.4, 0.5) is 11.6 Å². The number of nitrogens with zero attached hydrogens (tertiary/aromatic N) is 5. The lowest BCUT2D eigenvalue weighted by atomic mass is 10.2. The standard InChI is InChI=1S/C17H21N7O2/c1-2-4-13(5-3-1)12-19-15-14(20-16-17(21-15)23-26-22-16)18-6-7-24-8-10-25-11-9-24/h1-5H,6-12H2,(H,18,20,22)(H,19,21,23). The molecule has 0 atom stereocenters. The maximum atomic E-state index is 5.38. The van der Waals surface area contributed by atoms with Crippen molar-refractivity contribution in [2.24, 2.45) is 0 Å². The molecule has 3 heterocycles. The number of fused-ring (bicyclic) bond motifs is 1. The molecule has 0 unspecified atom stereocenters. The van der Waals surface area contributed by atoms with Crippen LogP contribution in [0.5, 0.6) is 0 Å². The summed E-state index contributed by atoms with van der Waals surface area (Å²) in [5, 5.41) is 14.2. The van der Waals surface area contributed by atoms with Gasteiger partial charge >= 0.3 is 0 Å². The van der Waals surface area contributed by atoms with Crippen LogP contribution in [0.25, 0.3) is 11.3 Å². The van der Waals surface area contributed by atoms with Gasteiger partial charge in [0.2, 0.25) is 11.3 Å². The highest BCUT2D eigenvalue weighted by molar-refractivity contribution is 5.73. The Hall–Kier alpha value is -2.78. The molecule has 3 aromatic rings. The highest BCUT2D eigenvalue weighted by atomic mass is 16.6.